The minimum Gasteiger partial charge on any atom is -0.444 e. The Morgan fingerprint density at radius 1 is 1.12 bits per heavy atom. The molecule has 1 atom stereocenters. The van der Waals surface area contributed by atoms with Gasteiger partial charge in [0.05, 0.1) is 18.5 Å². The Balaban J connectivity index is 0.00000141. The van der Waals surface area contributed by atoms with Gasteiger partial charge in [0.15, 0.2) is 11.3 Å². The second-order valence-electron chi connectivity index (χ2n) is 11.3. The van der Waals surface area contributed by atoms with E-state index in [0.717, 1.165) is 24.2 Å². The van der Waals surface area contributed by atoms with E-state index >= 15 is 0 Å². The van der Waals surface area contributed by atoms with Gasteiger partial charge in [0.1, 0.15) is 24.5 Å². The number of hydrogen-bond acceptors (Lipinski definition) is 8. The SMILES string of the molecule is CC.CC.CC(C)(C)OC(=O)N1CCCC(Nc2ncccc2-c2cnc3c(ncn3COCCS(C)(C)C)n2)C1. The van der Waals surface area contributed by atoms with Crippen LogP contribution >= 0.6 is 10.0 Å². The molecule has 1 saturated heterocycles. The van der Waals surface area contributed by atoms with Crippen LogP contribution in [0.15, 0.2) is 30.9 Å². The predicted molar refractivity (Wildman–Crippen MR) is 172 cm³/mol. The average molecular weight is 590 g/mol. The summed E-state index contributed by atoms with van der Waals surface area (Å²) >= 11 is 0. The summed E-state index contributed by atoms with van der Waals surface area (Å²) in [6, 6.07) is 3.90. The number of hydrogen-bond donors (Lipinski definition) is 1. The van der Waals surface area contributed by atoms with Gasteiger partial charge < -0.3 is 19.7 Å². The van der Waals surface area contributed by atoms with Crippen LogP contribution in [0.1, 0.15) is 61.3 Å². The van der Waals surface area contributed by atoms with Crippen molar-refractivity contribution in [3.63, 3.8) is 0 Å². The van der Waals surface area contributed by atoms with Crippen molar-refractivity contribution in [3.05, 3.63) is 30.9 Å². The number of ether oxygens (including phenoxy) is 2. The Hall–Kier alpha value is -2.92. The maximum atomic E-state index is 12.6. The van der Waals surface area contributed by atoms with Crippen molar-refractivity contribution in [2.75, 3.05) is 49.5 Å². The first-order valence-corrected chi connectivity index (χ1v) is 17.6. The van der Waals surface area contributed by atoms with Crippen LogP contribution in [0.3, 0.4) is 0 Å². The largest absolute Gasteiger partial charge is 0.444 e. The molecule has 11 heteroatoms. The molecular formula is C30H51N7O3S. The Bertz CT molecular complexity index is 1220. The molecule has 1 fully saturated rings. The van der Waals surface area contributed by atoms with Crippen LogP contribution in [-0.2, 0) is 16.2 Å². The number of aromatic nitrogens is 5. The second-order valence-corrected chi connectivity index (χ2v) is 15.8. The van der Waals surface area contributed by atoms with Crippen LogP contribution in [0.25, 0.3) is 22.6 Å². The number of amides is 1. The summed E-state index contributed by atoms with van der Waals surface area (Å²) in [4.78, 5) is 32.8. The Labute approximate surface area is 248 Å². The van der Waals surface area contributed by atoms with Gasteiger partial charge >= 0.3 is 6.09 Å². The lowest BCUT2D eigenvalue weighted by atomic mass is 10.1. The number of nitrogens with zero attached hydrogens (tertiary/aromatic N) is 6. The molecule has 1 aliphatic heterocycles. The highest BCUT2D eigenvalue weighted by molar-refractivity contribution is 8.32. The molecule has 0 radical (unpaired) electrons. The summed E-state index contributed by atoms with van der Waals surface area (Å²) in [5, 5.41) is 3.52. The molecule has 1 unspecified atom stereocenters. The molecule has 4 heterocycles. The highest BCUT2D eigenvalue weighted by Gasteiger charge is 2.28. The molecule has 1 N–H and O–H groups in total. The fourth-order valence-corrected chi connectivity index (χ4v) is 4.66. The summed E-state index contributed by atoms with van der Waals surface area (Å²) in [5.41, 5.74) is 2.25. The molecule has 230 valence electrons. The van der Waals surface area contributed by atoms with Gasteiger partial charge in [0.2, 0.25) is 0 Å². The smallest absolute Gasteiger partial charge is 0.410 e. The molecule has 0 bridgehead atoms. The van der Waals surface area contributed by atoms with Crippen molar-refractivity contribution in [3.8, 4) is 11.3 Å². The number of likely N-dealkylation sites (tertiary alicyclic amines) is 1. The van der Waals surface area contributed by atoms with Crippen molar-refractivity contribution < 1.29 is 14.3 Å². The van der Waals surface area contributed by atoms with Crippen molar-refractivity contribution in [1.29, 1.82) is 0 Å². The summed E-state index contributed by atoms with van der Waals surface area (Å²) < 4.78 is 13.3. The van der Waals surface area contributed by atoms with Gasteiger partial charge in [-0.05, 0) is 64.5 Å². The summed E-state index contributed by atoms with van der Waals surface area (Å²) in [5.74, 6) is 1.77. The molecular weight excluding hydrogens is 538 g/mol. The van der Waals surface area contributed by atoms with Gasteiger partial charge in [-0.3, -0.25) is 4.57 Å². The van der Waals surface area contributed by atoms with E-state index in [0.29, 0.717) is 49.2 Å². The lowest BCUT2D eigenvalue weighted by Gasteiger charge is -2.34. The molecule has 3 aromatic rings. The quantitative estimate of drug-likeness (QED) is 0.300. The first-order chi connectivity index (χ1) is 19.5. The van der Waals surface area contributed by atoms with Gasteiger partial charge in [-0.25, -0.2) is 34.8 Å². The van der Waals surface area contributed by atoms with Crippen LogP contribution in [0.5, 0.6) is 0 Å². The van der Waals surface area contributed by atoms with E-state index in [4.69, 9.17) is 14.5 Å². The summed E-state index contributed by atoms with van der Waals surface area (Å²) in [6.45, 7) is 16.0. The third-order valence-corrected chi connectivity index (χ3v) is 7.29. The number of pyridine rings is 1. The zero-order chi connectivity index (χ0) is 30.6. The van der Waals surface area contributed by atoms with E-state index in [9.17, 15) is 4.79 Å². The molecule has 4 rings (SSSR count). The van der Waals surface area contributed by atoms with E-state index in [1.54, 1.807) is 23.6 Å². The molecule has 0 aliphatic carbocycles. The molecule has 0 spiro atoms. The third-order valence-electron chi connectivity index (χ3n) is 5.89. The topological polar surface area (TPSA) is 107 Å². The third kappa shape index (κ3) is 10.8. The number of imidazole rings is 1. The normalized spacial score (nSPS) is 15.8. The van der Waals surface area contributed by atoms with Crippen LogP contribution in [-0.4, -0.2) is 91.4 Å². The Morgan fingerprint density at radius 2 is 1.85 bits per heavy atom. The van der Waals surface area contributed by atoms with Crippen LogP contribution in [0.2, 0.25) is 0 Å². The number of fused-ring (bicyclic) bond motifs is 1. The lowest BCUT2D eigenvalue weighted by Crippen LogP contribution is -2.47. The van der Waals surface area contributed by atoms with Crippen molar-refractivity contribution in [2.45, 2.75) is 79.7 Å². The minimum atomic E-state index is -0.589. The number of carbonyl (C=O) groups excluding carboxylic acids is 1. The first kappa shape index (κ1) is 34.3. The van der Waals surface area contributed by atoms with Gasteiger partial charge in [-0.15, -0.1) is 0 Å². The molecule has 0 saturated carbocycles. The summed E-state index contributed by atoms with van der Waals surface area (Å²) in [7, 11) is -0.589. The number of nitrogens with one attached hydrogen (secondary N) is 1. The first-order valence-electron chi connectivity index (χ1n) is 14.6. The van der Waals surface area contributed by atoms with Gasteiger partial charge in [0, 0.05) is 36.6 Å². The van der Waals surface area contributed by atoms with Crippen molar-refractivity contribution >= 4 is 33.2 Å². The molecule has 0 aromatic carbocycles. The Morgan fingerprint density at radius 3 is 2.54 bits per heavy atom. The maximum Gasteiger partial charge on any atom is 0.410 e. The number of piperidine rings is 1. The molecule has 41 heavy (non-hydrogen) atoms. The Kier molecular flexibility index (Phi) is 13.3. The highest BCUT2D eigenvalue weighted by Crippen LogP contribution is 2.33. The second kappa shape index (κ2) is 15.9. The number of carbonyl (C=O) groups is 1. The monoisotopic (exact) mass is 589 g/mol. The number of rotatable bonds is 8. The van der Waals surface area contributed by atoms with Gasteiger partial charge in [-0.2, -0.15) is 0 Å². The maximum absolute atomic E-state index is 12.6. The van der Waals surface area contributed by atoms with Gasteiger partial charge in [-0.1, -0.05) is 27.7 Å². The van der Waals surface area contributed by atoms with E-state index in [-0.39, 0.29) is 12.1 Å². The van der Waals surface area contributed by atoms with Crippen molar-refractivity contribution in [2.24, 2.45) is 0 Å². The molecule has 3 aromatic heterocycles. The predicted octanol–water partition coefficient (Wildman–Crippen LogP) is 6.42. The fourth-order valence-electron chi connectivity index (χ4n) is 4.04. The standard InChI is InChI=1S/C26H39N7O3S.2C2H6/c1-26(2,3)36-25(34)32-12-8-9-19(16-32)30-22-20(10-7-11-27-22)21-15-28-24-23(31-21)29-17-33(24)18-35-13-14-37(4,5)6;2*1-2/h7,10-11,15,17,19H,8-9,12-14,16,18H2,1-6H3,(H,27,30);2*1-2H3. The van der Waals surface area contributed by atoms with E-state index < -0.39 is 15.6 Å². The average Bonchev–Trinajstić information content (AvgIpc) is 3.34. The van der Waals surface area contributed by atoms with Gasteiger partial charge in [0.25, 0.3) is 0 Å². The molecule has 1 aliphatic rings. The zero-order valence-corrected chi connectivity index (χ0v) is 27.5. The highest BCUT2D eigenvalue weighted by atomic mass is 32.3. The minimum absolute atomic E-state index is 0.0536. The van der Waals surface area contributed by atoms with Crippen LogP contribution < -0.4 is 5.32 Å². The van der Waals surface area contributed by atoms with Crippen LogP contribution in [0, 0.1) is 0 Å². The fraction of sp³-hybridized carbons (Fsp3) is 0.633. The molecule has 10 nitrogen and oxygen atoms in total. The van der Waals surface area contributed by atoms with Crippen LogP contribution in [0.4, 0.5) is 10.6 Å². The van der Waals surface area contributed by atoms with E-state index in [1.807, 2.05) is 65.2 Å². The number of anilines is 1. The van der Waals surface area contributed by atoms with E-state index in [2.05, 4.69) is 39.0 Å². The summed E-state index contributed by atoms with van der Waals surface area (Å²) in [6.07, 6.45) is 13.6. The lowest BCUT2D eigenvalue weighted by molar-refractivity contribution is 0.0206. The zero-order valence-electron chi connectivity index (χ0n) is 26.7. The molecule has 1 amide bonds. The van der Waals surface area contributed by atoms with E-state index in [1.165, 1.54) is 0 Å². The van der Waals surface area contributed by atoms with Crippen molar-refractivity contribution in [1.82, 2.24) is 29.4 Å².